The molecule has 7 nitrogen and oxygen atoms in total. The van der Waals surface area contributed by atoms with E-state index in [1.165, 1.54) is 6.07 Å². The van der Waals surface area contributed by atoms with Crippen LogP contribution in [0.1, 0.15) is 42.6 Å². The first-order chi connectivity index (χ1) is 16.2. The Morgan fingerprint density at radius 1 is 1.12 bits per heavy atom. The largest absolute Gasteiger partial charge is 0.505 e. The second kappa shape index (κ2) is 14.0. The maximum Gasteiger partial charge on any atom is 0.329 e. The van der Waals surface area contributed by atoms with Crippen molar-refractivity contribution in [1.82, 2.24) is 10.6 Å². The van der Waals surface area contributed by atoms with Crippen molar-refractivity contribution in [3.63, 3.8) is 0 Å². The number of esters is 1. The summed E-state index contributed by atoms with van der Waals surface area (Å²) in [6.07, 6.45) is 1.88. The summed E-state index contributed by atoms with van der Waals surface area (Å²) in [5.41, 5.74) is 0.684. The van der Waals surface area contributed by atoms with Crippen LogP contribution in [0.4, 0.5) is 0 Å². The molecular weight excluding hydrogens is 479 g/mol. The number of phenolic OH excluding ortho intramolecular Hbond substituents is 1. The quantitative estimate of drug-likeness (QED) is 0.268. The van der Waals surface area contributed by atoms with Crippen molar-refractivity contribution in [2.75, 3.05) is 26.8 Å². The highest BCUT2D eigenvalue weighted by atomic mass is 35.5. The lowest BCUT2D eigenvalue weighted by atomic mass is 10.0. The van der Waals surface area contributed by atoms with E-state index >= 15 is 0 Å². The summed E-state index contributed by atoms with van der Waals surface area (Å²) in [5, 5.41) is 16.2. The van der Waals surface area contributed by atoms with Crippen LogP contribution in [-0.2, 0) is 16.0 Å². The number of carbonyl (C=O) groups is 2. The van der Waals surface area contributed by atoms with Crippen molar-refractivity contribution in [3.05, 3.63) is 57.6 Å². The summed E-state index contributed by atoms with van der Waals surface area (Å²) in [6.45, 7) is 5.27. The van der Waals surface area contributed by atoms with Crippen LogP contribution in [-0.4, -0.2) is 49.8 Å². The zero-order valence-corrected chi connectivity index (χ0v) is 21.2. The van der Waals surface area contributed by atoms with Gasteiger partial charge >= 0.3 is 5.97 Å². The average molecular weight is 511 g/mol. The van der Waals surface area contributed by atoms with E-state index < -0.39 is 23.7 Å². The van der Waals surface area contributed by atoms with E-state index in [9.17, 15) is 14.7 Å². The zero-order valence-electron chi connectivity index (χ0n) is 19.7. The normalized spacial score (nSPS) is 11.8. The third-order valence-corrected chi connectivity index (χ3v) is 5.53. The molecule has 9 heteroatoms. The van der Waals surface area contributed by atoms with Crippen LogP contribution in [0.5, 0.6) is 11.5 Å². The maximum atomic E-state index is 13.0. The van der Waals surface area contributed by atoms with Gasteiger partial charge in [-0.15, -0.1) is 0 Å². The SMILES string of the molecule is CNCCCCOc1c(Cl)cc(C(=O)NC(Cc2ccccc2)C(=O)OCC(C)C)c(O)c1Cl. The summed E-state index contributed by atoms with van der Waals surface area (Å²) in [6, 6.07) is 9.56. The van der Waals surface area contributed by atoms with Gasteiger partial charge in [-0.2, -0.15) is 0 Å². The van der Waals surface area contributed by atoms with E-state index in [1.54, 1.807) is 0 Å². The molecule has 3 N–H and O–H groups in total. The fraction of sp³-hybridized carbons (Fsp3) is 0.440. The third kappa shape index (κ3) is 8.38. The first-order valence-electron chi connectivity index (χ1n) is 11.2. The summed E-state index contributed by atoms with van der Waals surface area (Å²) in [7, 11) is 1.87. The number of unbranched alkanes of at least 4 members (excludes halogenated alkanes) is 1. The molecule has 0 aromatic heterocycles. The van der Waals surface area contributed by atoms with E-state index in [0.29, 0.717) is 6.61 Å². The molecule has 0 saturated carbocycles. The van der Waals surface area contributed by atoms with Gasteiger partial charge in [-0.25, -0.2) is 4.79 Å². The molecule has 186 valence electrons. The van der Waals surface area contributed by atoms with Crippen LogP contribution in [0.25, 0.3) is 0 Å². The van der Waals surface area contributed by atoms with Gasteiger partial charge in [0.1, 0.15) is 11.1 Å². The number of amides is 1. The van der Waals surface area contributed by atoms with Gasteiger partial charge < -0.3 is 25.2 Å². The molecule has 0 saturated heterocycles. The Morgan fingerprint density at radius 3 is 2.47 bits per heavy atom. The number of rotatable bonds is 13. The van der Waals surface area contributed by atoms with Crippen molar-refractivity contribution in [1.29, 1.82) is 0 Å². The van der Waals surface area contributed by atoms with Crippen LogP contribution in [0.2, 0.25) is 10.0 Å². The molecule has 2 aromatic carbocycles. The van der Waals surface area contributed by atoms with Crippen molar-refractivity contribution in [3.8, 4) is 11.5 Å². The van der Waals surface area contributed by atoms with Gasteiger partial charge in [0.15, 0.2) is 11.5 Å². The number of carbonyl (C=O) groups excluding carboxylic acids is 2. The molecule has 0 bridgehead atoms. The Kier molecular flexibility index (Phi) is 11.5. The fourth-order valence-electron chi connectivity index (χ4n) is 3.10. The Hall–Kier alpha value is -2.48. The minimum atomic E-state index is -0.964. The van der Waals surface area contributed by atoms with Crippen LogP contribution in [0, 0.1) is 5.92 Å². The molecule has 0 radical (unpaired) electrons. The van der Waals surface area contributed by atoms with Gasteiger partial charge in [0, 0.05) is 6.42 Å². The molecule has 34 heavy (non-hydrogen) atoms. The van der Waals surface area contributed by atoms with Gasteiger partial charge in [-0.1, -0.05) is 67.4 Å². The van der Waals surface area contributed by atoms with Crippen molar-refractivity contribution in [2.45, 2.75) is 39.2 Å². The van der Waals surface area contributed by atoms with E-state index in [0.717, 1.165) is 24.9 Å². The first-order valence-corrected chi connectivity index (χ1v) is 12.0. The molecule has 0 spiro atoms. The smallest absolute Gasteiger partial charge is 0.329 e. The number of halogens is 2. The minimum Gasteiger partial charge on any atom is -0.505 e. The van der Waals surface area contributed by atoms with Gasteiger partial charge in [0.05, 0.1) is 23.8 Å². The topological polar surface area (TPSA) is 96.9 Å². The molecule has 2 aromatic rings. The van der Waals surface area contributed by atoms with E-state index in [2.05, 4.69) is 10.6 Å². The molecule has 1 atom stereocenters. The lowest BCUT2D eigenvalue weighted by Crippen LogP contribution is -2.43. The van der Waals surface area contributed by atoms with Gasteiger partial charge in [0.25, 0.3) is 5.91 Å². The fourth-order valence-corrected chi connectivity index (χ4v) is 3.67. The number of aromatic hydroxyl groups is 1. The molecular formula is C25H32Cl2N2O5. The molecule has 0 aliphatic carbocycles. The molecule has 1 amide bonds. The van der Waals surface area contributed by atoms with Gasteiger partial charge in [-0.05, 0) is 44.0 Å². The Morgan fingerprint density at radius 2 is 1.82 bits per heavy atom. The molecule has 0 aliphatic heterocycles. The third-order valence-electron chi connectivity index (χ3n) is 4.89. The van der Waals surface area contributed by atoms with Gasteiger partial charge in [-0.3, -0.25) is 4.79 Å². The highest BCUT2D eigenvalue weighted by molar-refractivity contribution is 6.39. The Balaban J connectivity index is 2.18. The second-order valence-corrected chi connectivity index (χ2v) is 9.08. The summed E-state index contributed by atoms with van der Waals surface area (Å²) >= 11 is 12.6. The molecule has 0 fully saturated rings. The summed E-state index contributed by atoms with van der Waals surface area (Å²) in [4.78, 5) is 25.7. The van der Waals surface area contributed by atoms with Crippen LogP contribution >= 0.6 is 23.2 Å². The van der Waals surface area contributed by atoms with Crippen LogP contribution in [0.3, 0.4) is 0 Å². The van der Waals surface area contributed by atoms with Crippen LogP contribution in [0.15, 0.2) is 36.4 Å². The summed E-state index contributed by atoms with van der Waals surface area (Å²) in [5.74, 6) is -1.49. The van der Waals surface area contributed by atoms with Crippen LogP contribution < -0.4 is 15.4 Å². The van der Waals surface area contributed by atoms with Crippen molar-refractivity contribution < 1.29 is 24.2 Å². The second-order valence-electron chi connectivity index (χ2n) is 8.30. The van der Waals surface area contributed by atoms with E-state index in [4.69, 9.17) is 32.7 Å². The van der Waals surface area contributed by atoms with E-state index in [1.807, 2.05) is 51.2 Å². The number of benzene rings is 2. The molecule has 0 heterocycles. The standard InChI is InChI=1S/C25H32Cl2N2O5/c1-16(2)15-34-25(32)20(13-17-9-5-4-6-10-17)29-24(31)18-14-19(26)23(21(27)22(18)30)33-12-8-7-11-28-3/h4-6,9-10,14,16,20,28,30H,7-8,11-13,15H2,1-3H3,(H,29,31). The minimum absolute atomic E-state index is 0.0866. The highest BCUT2D eigenvalue weighted by Crippen LogP contribution is 2.42. The van der Waals surface area contributed by atoms with Crippen molar-refractivity contribution >= 4 is 35.1 Å². The van der Waals surface area contributed by atoms with Gasteiger partial charge in [0.2, 0.25) is 0 Å². The predicted octanol–water partition coefficient (Wildman–Crippen LogP) is 4.62. The first kappa shape index (κ1) is 27.8. The van der Waals surface area contributed by atoms with E-state index in [-0.39, 0.29) is 40.3 Å². The lowest BCUT2D eigenvalue weighted by molar-refractivity contribution is -0.147. The molecule has 0 aliphatic rings. The highest BCUT2D eigenvalue weighted by Gasteiger charge is 2.27. The monoisotopic (exact) mass is 510 g/mol. The predicted molar refractivity (Wildman–Crippen MR) is 134 cm³/mol. The number of hydrogen-bond donors (Lipinski definition) is 3. The summed E-state index contributed by atoms with van der Waals surface area (Å²) < 4.78 is 11.0. The Labute approximate surface area is 210 Å². The number of nitrogens with one attached hydrogen (secondary N) is 2. The number of ether oxygens (including phenoxy) is 2. The lowest BCUT2D eigenvalue weighted by Gasteiger charge is -2.20. The molecule has 1 unspecified atom stereocenters. The Bertz CT molecular complexity index is 954. The zero-order chi connectivity index (χ0) is 25.1. The molecule has 2 rings (SSSR count). The number of hydrogen-bond acceptors (Lipinski definition) is 6. The number of phenols is 1. The maximum absolute atomic E-state index is 13.0. The average Bonchev–Trinajstić information content (AvgIpc) is 2.81. The van der Waals surface area contributed by atoms with Crippen molar-refractivity contribution in [2.24, 2.45) is 5.92 Å².